The minimum Gasteiger partial charge on any atom is -0.481 e. The van der Waals surface area contributed by atoms with Gasteiger partial charge >= 0.3 is 5.97 Å². The molecule has 0 saturated heterocycles. The maximum Gasteiger partial charge on any atom is 0.306 e. The van der Waals surface area contributed by atoms with E-state index >= 15 is 0 Å². The number of aliphatic carboxylic acids is 1. The number of carboxylic acid groups (broad SMARTS) is 1. The number of amides is 1. The first-order chi connectivity index (χ1) is 7.63. The standard InChI is InChI=1S/C9H13N3O4/c1-16-7(2-8(13)14)5-10-9(15)6-3-11-12-4-6/h3-4,7H,2,5H2,1H3,(H,10,15)(H,11,12)(H,13,14). The predicted octanol–water partition coefficient (Wildman–Crippen LogP) is -0.371. The van der Waals surface area contributed by atoms with Gasteiger partial charge in [-0.1, -0.05) is 0 Å². The van der Waals surface area contributed by atoms with Crippen molar-refractivity contribution in [1.82, 2.24) is 15.5 Å². The number of ether oxygens (including phenoxy) is 1. The highest BCUT2D eigenvalue weighted by Gasteiger charge is 2.14. The average molecular weight is 227 g/mol. The molecular weight excluding hydrogens is 214 g/mol. The van der Waals surface area contributed by atoms with E-state index in [2.05, 4.69) is 15.5 Å². The number of hydrogen-bond donors (Lipinski definition) is 3. The van der Waals surface area contributed by atoms with Crippen LogP contribution in [0.25, 0.3) is 0 Å². The molecule has 0 aliphatic carbocycles. The van der Waals surface area contributed by atoms with E-state index in [0.717, 1.165) is 0 Å². The van der Waals surface area contributed by atoms with E-state index in [0.29, 0.717) is 5.56 Å². The molecule has 0 aromatic carbocycles. The van der Waals surface area contributed by atoms with Crippen LogP contribution in [-0.2, 0) is 9.53 Å². The number of aromatic nitrogens is 2. The van der Waals surface area contributed by atoms with Gasteiger partial charge in [0.2, 0.25) is 0 Å². The van der Waals surface area contributed by atoms with E-state index in [9.17, 15) is 9.59 Å². The van der Waals surface area contributed by atoms with E-state index < -0.39 is 12.1 Å². The number of nitrogens with zero attached hydrogens (tertiary/aromatic N) is 1. The number of H-pyrrole nitrogens is 1. The van der Waals surface area contributed by atoms with E-state index in [1.165, 1.54) is 19.5 Å². The van der Waals surface area contributed by atoms with E-state index in [4.69, 9.17) is 9.84 Å². The van der Waals surface area contributed by atoms with Crippen LogP contribution in [0.1, 0.15) is 16.8 Å². The van der Waals surface area contributed by atoms with Gasteiger partial charge in [0.15, 0.2) is 0 Å². The Kier molecular flexibility index (Phi) is 4.46. The fourth-order valence-electron chi connectivity index (χ4n) is 1.12. The summed E-state index contributed by atoms with van der Waals surface area (Å²) in [5.74, 6) is -1.29. The van der Waals surface area contributed by atoms with Crippen molar-refractivity contribution >= 4 is 11.9 Å². The SMILES string of the molecule is COC(CNC(=O)c1cn[nH]c1)CC(=O)O. The summed E-state index contributed by atoms with van der Waals surface area (Å²) in [7, 11) is 1.40. The Morgan fingerprint density at radius 1 is 1.69 bits per heavy atom. The van der Waals surface area contributed by atoms with Crippen LogP contribution < -0.4 is 5.32 Å². The fraction of sp³-hybridized carbons (Fsp3) is 0.444. The monoisotopic (exact) mass is 227 g/mol. The van der Waals surface area contributed by atoms with Crippen molar-refractivity contribution in [3.8, 4) is 0 Å². The summed E-state index contributed by atoms with van der Waals surface area (Å²) in [6.07, 6.45) is 2.15. The quantitative estimate of drug-likeness (QED) is 0.615. The first kappa shape index (κ1) is 12.2. The molecule has 1 amide bonds. The van der Waals surface area contributed by atoms with E-state index in [1.54, 1.807) is 0 Å². The molecule has 88 valence electrons. The first-order valence-electron chi connectivity index (χ1n) is 4.65. The molecule has 3 N–H and O–H groups in total. The Bertz CT molecular complexity index is 350. The molecule has 0 bridgehead atoms. The molecule has 7 nitrogen and oxygen atoms in total. The summed E-state index contributed by atoms with van der Waals surface area (Å²) < 4.78 is 4.91. The Labute approximate surface area is 91.8 Å². The third-order valence-corrected chi connectivity index (χ3v) is 1.99. The molecule has 0 fully saturated rings. The Balaban J connectivity index is 2.38. The minimum atomic E-state index is -0.968. The topological polar surface area (TPSA) is 104 Å². The van der Waals surface area contributed by atoms with Crippen molar-refractivity contribution in [3.05, 3.63) is 18.0 Å². The molecule has 0 radical (unpaired) electrons. The number of carboxylic acids is 1. The molecule has 1 unspecified atom stereocenters. The zero-order valence-corrected chi connectivity index (χ0v) is 8.77. The number of methoxy groups -OCH3 is 1. The van der Waals surface area contributed by atoms with Crippen molar-refractivity contribution in [2.75, 3.05) is 13.7 Å². The number of aromatic amines is 1. The van der Waals surface area contributed by atoms with E-state index in [-0.39, 0.29) is 18.9 Å². The van der Waals surface area contributed by atoms with Gasteiger partial charge in [0, 0.05) is 19.9 Å². The van der Waals surface area contributed by atoms with Crippen molar-refractivity contribution in [3.63, 3.8) is 0 Å². The van der Waals surface area contributed by atoms with Crippen molar-refractivity contribution in [1.29, 1.82) is 0 Å². The largest absolute Gasteiger partial charge is 0.481 e. The Hall–Kier alpha value is -1.89. The van der Waals surface area contributed by atoms with Crippen LogP contribution >= 0.6 is 0 Å². The lowest BCUT2D eigenvalue weighted by Crippen LogP contribution is -2.34. The van der Waals surface area contributed by atoms with Gasteiger partial charge in [0.25, 0.3) is 5.91 Å². The van der Waals surface area contributed by atoms with Gasteiger partial charge in [-0.2, -0.15) is 5.10 Å². The molecule has 1 rings (SSSR count). The summed E-state index contributed by atoms with van der Waals surface area (Å²) in [5, 5.41) is 17.2. The van der Waals surface area contributed by atoms with Crippen molar-refractivity contribution in [2.24, 2.45) is 0 Å². The lowest BCUT2D eigenvalue weighted by molar-refractivity contribution is -0.139. The molecule has 7 heteroatoms. The van der Waals surface area contributed by atoms with Crippen molar-refractivity contribution in [2.45, 2.75) is 12.5 Å². The molecule has 16 heavy (non-hydrogen) atoms. The summed E-state index contributed by atoms with van der Waals surface area (Å²) in [6, 6.07) is 0. The molecular formula is C9H13N3O4. The number of rotatable bonds is 6. The lowest BCUT2D eigenvalue weighted by Gasteiger charge is -2.13. The fourth-order valence-corrected chi connectivity index (χ4v) is 1.12. The van der Waals surface area contributed by atoms with Gasteiger partial charge in [-0.3, -0.25) is 14.7 Å². The van der Waals surface area contributed by atoms with Gasteiger partial charge in [-0.25, -0.2) is 0 Å². The highest BCUT2D eigenvalue weighted by molar-refractivity contribution is 5.93. The van der Waals surface area contributed by atoms with Gasteiger partial charge in [0.05, 0.1) is 24.3 Å². The second kappa shape index (κ2) is 5.86. The van der Waals surface area contributed by atoms with Crippen LogP contribution in [0.3, 0.4) is 0 Å². The van der Waals surface area contributed by atoms with Gasteiger partial charge in [-0.05, 0) is 0 Å². The smallest absolute Gasteiger partial charge is 0.306 e. The molecule has 1 aromatic heterocycles. The molecule has 1 atom stereocenters. The Morgan fingerprint density at radius 3 is 2.94 bits per heavy atom. The molecule has 1 heterocycles. The maximum absolute atomic E-state index is 11.4. The van der Waals surface area contributed by atoms with Crippen LogP contribution in [0.4, 0.5) is 0 Å². The molecule has 0 aliphatic rings. The zero-order valence-electron chi connectivity index (χ0n) is 8.77. The summed E-state index contributed by atoms with van der Waals surface area (Å²) in [4.78, 5) is 21.9. The minimum absolute atomic E-state index is 0.146. The number of carbonyl (C=O) groups excluding carboxylic acids is 1. The van der Waals surface area contributed by atoms with Crippen LogP contribution in [0, 0.1) is 0 Å². The number of nitrogens with one attached hydrogen (secondary N) is 2. The number of carbonyl (C=O) groups is 2. The van der Waals surface area contributed by atoms with E-state index in [1.807, 2.05) is 0 Å². The predicted molar refractivity (Wildman–Crippen MR) is 54.0 cm³/mol. The molecule has 0 aliphatic heterocycles. The highest BCUT2D eigenvalue weighted by Crippen LogP contribution is 1.97. The van der Waals surface area contributed by atoms with Crippen LogP contribution in [-0.4, -0.2) is 46.9 Å². The number of hydrogen-bond acceptors (Lipinski definition) is 4. The zero-order chi connectivity index (χ0) is 12.0. The van der Waals surface area contributed by atoms with Crippen LogP contribution in [0.15, 0.2) is 12.4 Å². The van der Waals surface area contributed by atoms with Gasteiger partial charge in [0.1, 0.15) is 0 Å². The molecule has 1 aromatic rings. The normalized spacial score (nSPS) is 12.1. The average Bonchev–Trinajstić information content (AvgIpc) is 2.76. The first-order valence-corrected chi connectivity index (χ1v) is 4.65. The third-order valence-electron chi connectivity index (χ3n) is 1.99. The summed E-state index contributed by atoms with van der Waals surface area (Å²) >= 11 is 0. The van der Waals surface area contributed by atoms with Crippen molar-refractivity contribution < 1.29 is 19.4 Å². The van der Waals surface area contributed by atoms with Crippen LogP contribution in [0.5, 0.6) is 0 Å². The van der Waals surface area contributed by atoms with Gasteiger partial charge in [-0.15, -0.1) is 0 Å². The lowest BCUT2D eigenvalue weighted by atomic mass is 10.2. The third kappa shape index (κ3) is 3.70. The van der Waals surface area contributed by atoms with Gasteiger partial charge < -0.3 is 15.2 Å². The Morgan fingerprint density at radius 2 is 2.44 bits per heavy atom. The summed E-state index contributed by atoms with van der Waals surface area (Å²) in [5.41, 5.74) is 0.394. The maximum atomic E-state index is 11.4. The molecule has 0 saturated carbocycles. The van der Waals surface area contributed by atoms with Crippen LogP contribution in [0.2, 0.25) is 0 Å². The summed E-state index contributed by atoms with van der Waals surface area (Å²) in [6.45, 7) is 0.146. The second-order valence-electron chi connectivity index (χ2n) is 3.15. The second-order valence-corrected chi connectivity index (χ2v) is 3.15. The molecule has 0 spiro atoms. The highest BCUT2D eigenvalue weighted by atomic mass is 16.5.